The van der Waals surface area contributed by atoms with Crippen LogP contribution in [0.5, 0.6) is 0 Å². The molecule has 0 radical (unpaired) electrons. The number of benzene rings is 4. The summed E-state index contributed by atoms with van der Waals surface area (Å²) in [6.45, 7) is 5.02. The van der Waals surface area contributed by atoms with Crippen molar-refractivity contribution >= 4 is 66.7 Å². The van der Waals surface area contributed by atoms with Crippen molar-refractivity contribution in [2.24, 2.45) is 0 Å². The van der Waals surface area contributed by atoms with Gasteiger partial charge in [0.1, 0.15) is 12.6 Å². The van der Waals surface area contributed by atoms with Crippen molar-refractivity contribution in [3.63, 3.8) is 0 Å². The first-order valence-corrected chi connectivity index (χ1v) is 17.2. The van der Waals surface area contributed by atoms with Gasteiger partial charge in [-0.1, -0.05) is 99.8 Å². The van der Waals surface area contributed by atoms with E-state index in [0.717, 1.165) is 19.9 Å². The van der Waals surface area contributed by atoms with E-state index in [1.807, 2.05) is 75.4 Å². The van der Waals surface area contributed by atoms with E-state index in [1.54, 1.807) is 18.2 Å². The molecule has 4 aromatic carbocycles. The molecule has 1 N–H and O–H groups in total. The Hall–Kier alpha value is -3.37. The third-order valence-corrected chi connectivity index (χ3v) is 9.47. The average Bonchev–Trinajstić information content (AvgIpc) is 2.97. The molecular weight excluding hydrogens is 697 g/mol. The number of carbonyl (C=O) groups is 2. The van der Waals surface area contributed by atoms with E-state index in [9.17, 15) is 18.0 Å². The van der Waals surface area contributed by atoms with Gasteiger partial charge in [-0.15, -0.1) is 0 Å². The molecule has 0 saturated heterocycles. The lowest BCUT2D eigenvalue weighted by molar-refractivity contribution is -0.140. The standard InChI is InChI=1S/C34H34BrCl2N3O4S/c1-34(2,3)38-33(42)31(18-24-11-6-4-7-12-24)39(22-25-13-10-14-26(35)17-25)32(41)23-40(29-20-27(36)19-28(37)21-29)45(43,44)30-15-8-5-9-16-30/h4-17,19-21,31H,18,22-23H2,1-3H3,(H,38,42). The van der Waals surface area contributed by atoms with Gasteiger partial charge in [0.25, 0.3) is 10.0 Å². The first-order valence-electron chi connectivity index (χ1n) is 14.2. The van der Waals surface area contributed by atoms with E-state index in [1.165, 1.54) is 35.2 Å². The quantitative estimate of drug-likeness (QED) is 0.173. The molecule has 7 nitrogen and oxygen atoms in total. The van der Waals surface area contributed by atoms with Crippen LogP contribution in [0.4, 0.5) is 5.69 Å². The molecule has 11 heteroatoms. The smallest absolute Gasteiger partial charge is 0.264 e. The van der Waals surface area contributed by atoms with Crippen LogP contribution in [0.2, 0.25) is 10.0 Å². The maximum atomic E-state index is 14.5. The summed E-state index contributed by atoms with van der Waals surface area (Å²) in [5.74, 6) is -0.950. The van der Waals surface area contributed by atoms with E-state index < -0.39 is 34.1 Å². The fourth-order valence-electron chi connectivity index (χ4n) is 4.77. The van der Waals surface area contributed by atoms with Crippen LogP contribution in [0.25, 0.3) is 0 Å². The molecule has 0 heterocycles. The number of carbonyl (C=O) groups excluding carboxylic acids is 2. The molecule has 0 fully saturated rings. The highest BCUT2D eigenvalue weighted by Gasteiger charge is 2.35. The van der Waals surface area contributed by atoms with Crippen LogP contribution >= 0.6 is 39.1 Å². The summed E-state index contributed by atoms with van der Waals surface area (Å²) in [5, 5.41) is 3.43. The second-order valence-corrected chi connectivity index (χ2v) is 15.2. The van der Waals surface area contributed by atoms with Crippen molar-refractivity contribution in [2.75, 3.05) is 10.8 Å². The predicted molar refractivity (Wildman–Crippen MR) is 184 cm³/mol. The maximum Gasteiger partial charge on any atom is 0.264 e. The molecular formula is C34H34BrCl2N3O4S. The van der Waals surface area contributed by atoms with Gasteiger partial charge in [0.15, 0.2) is 0 Å². The van der Waals surface area contributed by atoms with Crippen molar-refractivity contribution in [2.45, 2.75) is 50.2 Å². The molecule has 0 aliphatic rings. The first-order chi connectivity index (χ1) is 21.2. The topological polar surface area (TPSA) is 86.8 Å². The van der Waals surface area contributed by atoms with Crippen molar-refractivity contribution in [1.82, 2.24) is 10.2 Å². The van der Waals surface area contributed by atoms with E-state index in [4.69, 9.17) is 23.2 Å². The zero-order chi connectivity index (χ0) is 32.8. The number of anilines is 1. The third kappa shape index (κ3) is 9.56. The number of rotatable bonds is 11. The molecule has 45 heavy (non-hydrogen) atoms. The molecule has 1 atom stereocenters. The SMILES string of the molecule is CC(C)(C)NC(=O)C(Cc1ccccc1)N(Cc1cccc(Br)c1)C(=O)CN(c1cc(Cl)cc(Cl)c1)S(=O)(=O)c1ccccc1. The molecule has 4 aromatic rings. The van der Waals surface area contributed by atoms with Gasteiger partial charge in [0.2, 0.25) is 11.8 Å². The molecule has 1 unspecified atom stereocenters. The van der Waals surface area contributed by atoms with E-state index in [0.29, 0.717) is 0 Å². The van der Waals surface area contributed by atoms with Gasteiger partial charge < -0.3 is 10.2 Å². The van der Waals surface area contributed by atoms with E-state index in [-0.39, 0.29) is 39.5 Å². The summed E-state index contributed by atoms with van der Waals surface area (Å²) >= 11 is 16.1. The Kier molecular flexibility index (Phi) is 11.4. The Morgan fingerprint density at radius 3 is 1.98 bits per heavy atom. The van der Waals surface area contributed by atoms with E-state index in [2.05, 4.69) is 21.2 Å². The molecule has 0 saturated carbocycles. The average molecular weight is 732 g/mol. The Labute approximate surface area is 283 Å². The summed E-state index contributed by atoms with van der Waals surface area (Å²) in [4.78, 5) is 29.9. The number of nitrogens with zero attached hydrogens (tertiary/aromatic N) is 2. The van der Waals surface area contributed by atoms with Gasteiger partial charge in [-0.2, -0.15) is 0 Å². The van der Waals surface area contributed by atoms with Crippen molar-refractivity contribution in [1.29, 1.82) is 0 Å². The highest BCUT2D eigenvalue weighted by Crippen LogP contribution is 2.30. The minimum atomic E-state index is -4.27. The zero-order valence-electron chi connectivity index (χ0n) is 25.1. The molecule has 0 bridgehead atoms. The minimum absolute atomic E-state index is 0.0150. The van der Waals surface area contributed by atoms with Crippen LogP contribution in [-0.2, 0) is 32.6 Å². The van der Waals surface area contributed by atoms with E-state index >= 15 is 0 Å². The molecule has 0 spiro atoms. The third-order valence-electron chi connectivity index (χ3n) is 6.76. The highest BCUT2D eigenvalue weighted by atomic mass is 79.9. The highest BCUT2D eigenvalue weighted by molar-refractivity contribution is 9.10. The molecule has 4 rings (SSSR count). The lowest BCUT2D eigenvalue weighted by Gasteiger charge is -2.35. The fraction of sp³-hybridized carbons (Fsp3) is 0.235. The van der Waals surface area contributed by atoms with Gasteiger partial charge in [-0.3, -0.25) is 13.9 Å². The van der Waals surface area contributed by atoms with Crippen LogP contribution in [0, 0.1) is 0 Å². The summed E-state index contributed by atoms with van der Waals surface area (Å²) in [5.41, 5.74) is 1.12. The summed E-state index contributed by atoms with van der Waals surface area (Å²) in [7, 11) is -4.27. The van der Waals surface area contributed by atoms with Gasteiger partial charge in [-0.05, 0) is 74.4 Å². The van der Waals surface area contributed by atoms with Crippen LogP contribution in [-0.4, -0.2) is 43.3 Å². The number of hydrogen-bond acceptors (Lipinski definition) is 4. The number of nitrogens with one attached hydrogen (secondary N) is 1. The fourth-order valence-corrected chi connectivity index (χ4v) is 7.15. The predicted octanol–water partition coefficient (Wildman–Crippen LogP) is 7.51. The maximum absolute atomic E-state index is 14.5. The van der Waals surface area contributed by atoms with Crippen LogP contribution < -0.4 is 9.62 Å². The Morgan fingerprint density at radius 1 is 0.822 bits per heavy atom. The van der Waals surface area contributed by atoms with Crippen molar-refractivity contribution in [3.05, 3.63) is 129 Å². The Balaban J connectivity index is 1.84. The van der Waals surface area contributed by atoms with Crippen LogP contribution in [0.3, 0.4) is 0 Å². The minimum Gasteiger partial charge on any atom is -0.350 e. The summed E-state index contributed by atoms with van der Waals surface area (Å²) < 4.78 is 29.9. The number of sulfonamides is 1. The monoisotopic (exact) mass is 729 g/mol. The van der Waals surface area contributed by atoms with Crippen LogP contribution in [0.1, 0.15) is 31.9 Å². The van der Waals surface area contributed by atoms with Crippen molar-refractivity contribution in [3.8, 4) is 0 Å². The molecule has 236 valence electrons. The normalized spacial score (nSPS) is 12.3. The lowest BCUT2D eigenvalue weighted by atomic mass is 10.0. The van der Waals surface area contributed by atoms with Gasteiger partial charge >= 0.3 is 0 Å². The largest absolute Gasteiger partial charge is 0.350 e. The summed E-state index contributed by atoms with van der Waals surface area (Å²) in [6.07, 6.45) is 0.205. The molecule has 0 aliphatic carbocycles. The summed E-state index contributed by atoms with van der Waals surface area (Å²) in [6, 6.07) is 28.0. The van der Waals surface area contributed by atoms with Crippen LogP contribution in [0.15, 0.2) is 112 Å². The Bertz CT molecular complexity index is 1730. The lowest BCUT2D eigenvalue weighted by Crippen LogP contribution is -2.56. The number of amides is 2. The van der Waals surface area contributed by atoms with Crippen molar-refractivity contribution < 1.29 is 18.0 Å². The van der Waals surface area contributed by atoms with Gasteiger partial charge in [0.05, 0.1) is 10.6 Å². The number of hydrogen-bond donors (Lipinski definition) is 1. The second-order valence-electron chi connectivity index (χ2n) is 11.5. The molecule has 0 aromatic heterocycles. The van der Waals surface area contributed by atoms with Gasteiger partial charge in [0, 0.05) is 33.0 Å². The van der Waals surface area contributed by atoms with Gasteiger partial charge in [-0.25, -0.2) is 8.42 Å². The molecule has 2 amide bonds. The Morgan fingerprint density at radius 2 is 1.40 bits per heavy atom. The zero-order valence-corrected chi connectivity index (χ0v) is 29.0. The molecule has 0 aliphatic heterocycles. The first kappa shape index (κ1) is 34.5. The second kappa shape index (κ2) is 14.8. The number of halogens is 3.